The Morgan fingerprint density at radius 3 is 2.58 bits per heavy atom. The van der Waals surface area contributed by atoms with Gasteiger partial charge in [-0.15, -0.1) is 0 Å². The number of ether oxygens (including phenoxy) is 1. The fourth-order valence-corrected chi connectivity index (χ4v) is 5.38. The predicted molar refractivity (Wildman–Crippen MR) is 150 cm³/mol. The van der Waals surface area contributed by atoms with Gasteiger partial charge < -0.3 is 24.7 Å². The van der Waals surface area contributed by atoms with Gasteiger partial charge in [-0.2, -0.15) is 0 Å². The quantitative estimate of drug-likeness (QED) is 0.301. The molecule has 38 heavy (non-hydrogen) atoms. The topological polar surface area (TPSA) is 92.5 Å². The third kappa shape index (κ3) is 4.87. The average Bonchev–Trinajstić information content (AvgIpc) is 3.62. The molecule has 1 saturated heterocycles. The number of carbonyl (C=O) groups excluding carboxylic acids is 1. The van der Waals surface area contributed by atoms with Crippen molar-refractivity contribution in [1.82, 2.24) is 9.97 Å². The van der Waals surface area contributed by atoms with Crippen LogP contribution in [0.1, 0.15) is 25.7 Å². The van der Waals surface area contributed by atoms with Gasteiger partial charge in [-0.05, 0) is 60.9 Å². The molecular weight excluding hydrogens is 478 g/mol. The van der Waals surface area contributed by atoms with Gasteiger partial charge in [0, 0.05) is 41.6 Å². The Morgan fingerprint density at radius 2 is 1.82 bits per heavy atom. The molecule has 2 fully saturated rings. The second kappa shape index (κ2) is 10.7. The normalized spacial score (nSPS) is 16.1. The highest BCUT2D eigenvalue weighted by Gasteiger charge is 2.25. The number of furan rings is 1. The van der Waals surface area contributed by atoms with E-state index in [1.54, 1.807) is 6.33 Å². The van der Waals surface area contributed by atoms with E-state index >= 15 is 0 Å². The standard InChI is InChI=1S/C30H31N5O3/c1-2-25(36)33-23-9-5-6-21(18-23)26-27-29(34-22-7-3-4-8-22)31-19-32-30(27)38-28(26)20-10-12-24(13-11-20)35-14-16-37-17-15-35/h2,5-6,9-13,18-19,22H,1,3-4,7-8,14-17H2,(H,33,36)(H,31,32,34). The van der Waals surface area contributed by atoms with E-state index in [1.807, 2.05) is 24.3 Å². The summed E-state index contributed by atoms with van der Waals surface area (Å²) in [7, 11) is 0. The van der Waals surface area contributed by atoms with E-state index in [4.69, 9.17) is 9.15 Å². The summed E-state index contributed by atoms with van der Waals surface area (Å²) in [6, 6.07) is 16.6. The Bertz CT molecular complexity index is 1450. The molecule has 1 amide bonds. The highest BCUT2D eigenvalue weighted by molar-refractivity contribution is 6.07. The molecule has 3 heterocycles. The smallest absolute Gasteiger partial charge is 0.247 e. The van der Waals surface area contributed by atoms with Gasteiger partial charge in [-0.25, -0.2) is 9.97 Å². The van der Waals surface area contributed by atoms with Crippen molar-refractivity contribution in [3.63, 3.8) is 0 Å². The molecule has 8 nitrogen and oxygen atoms in total. The van der Waals surface area contributed by atoms with Gasteiger partial charge in [0.1, 0.15) is 17.9 Å². The summed E-state index contributed by atoms with van der Waals surface area (Å²) in [4.78, 5) is 23.5. The Hall–Kier alpha value is -4.17. The lowest BCUT2D eigenvalue weighted by Gasteiger charge is -2.28. The maximum atomic E-state index is 12.0. The fourth-order valence-electron chi connectivity index (χ4n) is 5.38. The minimum Gasteiger partial charge on any atom is -0.437 e. The zero-order valence-electron chi connectivity index (χ0n) is 21.3. The van der Waals surface area contributed by atoms with Gasteiger partial charge in [-0.3, -0.25) is 4.79 Å². The average molecular weight is 510 g/mol. The minimum absolute atomic E-state index is 0.259. The molecular formula is C30H31N5O3. The van der Waals surface area contributed by atoms with Crippen molar-refractivity contribution in [3.8, 4) is 22.5 Å². The van der Waals surface area contributed by atoms with Crippen LogP contribution in [0.15, 0.2) is 71.9 Å². The lowest BCUT2D eigenvalue weighted by molar-refractivity contribution is -0.111. The van der Waals surface area contributed by atoms with Crippen molar-refractivity contribution in [2.45, 2.75) is 31.7 Å². The van der Waals surface area contributed by atoms with E-state index in [-0.39, 0.29) is 5.91 Å². The first-order chi connectivity index (χ1) is 18.7. The zero-order valence-corrected chi connectivity index (χ0v) is 21.3. The van der Waals surface area contributed by atoms with Gasteiger partial charge >= 0.3 is 0 Å². The minimum atomic E-state index is -0.259. The zero-order chi connectivity index (χ0) is 25.9. The summed E-state index contributed by atoms with van der Waals surface area (Å²) >= 11 is 0. The van der Waals surface area contributed by atoms with Gasteiger partial charge in [0.2, 0.25) is 11.6 Å². The van der Waals surface area contributed by atoms with Crippen LogP contribution in [0.2, 0.25) is 0 Å². The monoisotopic (exact) mass is 509 g/mol. The van der Waals surface area contributed by atoms with E-state index in [0.717, 1.165) is 78.5 Å². The number of nitrogens with zero attached hydrogens (tertiary/aromatic N) is 3. The summed E-state index contributed by atoms with van der Waals surface area (Å²) in [5.74, 6) is 1.23. The van der Waals surface area contributed by atoms with Gasteiger partial charge in [0.15, 0.2) is 0 Å². The molecule has 2 N–H and O–H groups in total. The Kier molecular flexibility index (Phi) is 6.79. The molecule has 6 rings (SSSR count). The third-order valence-corrected chi connectivity index (χ3v) is 7.29. The molecule has 2 aromatic carbocycles. The highest BCUT2D eigenvalue weighted by atomic mass is 16.5. The molecule has 0 radical (unpaired) electrons. The van der Waals surface area contributed by atoms with Crippen molar-refractivity contribution in [2.24, 2.45) is 0 Å². The molecule has 2 aromatic heterocycles. The number of carbonyl (C=O) groups is 1. The number of amides is 1. The van der Waals surface area contributed by atoms with E-state index < -0.39 is 0 Å². The summed E-state index contributed by atoms with van der Waals surface area (Å²) in [6.45, 7) is 6.80. The van der Waals surface area contributed by atoms with Crippen LogP contribution in [-0.4, -0.2) is 48.2 Å². The van der Waals surface area contributed by atoms with Crippen LogP contribution in [-0.2, 0) is 9.53 Å². The second-order valence-electron chi connectivity index (χ2n) is 9.75. The Balaban J connectivity index is 1.47. The number of aromatic nitrogens is 2. The van der Waals surface area contributed by atoms with Gasteiger partial charge in [0.05, 0.1) is 18.6 Å². The number of fused-ring (bicyclic) bond motifs is 1. The Labute approximate surface area is 221 Å². The first-order valence-electron chi connectivity index (χ1n) is 13.2. The van der Waals surface area contributed by atoms with Crippen LogP contribution in [0, 0.1) is 0 Å². The first kappa shape index (κ1) is 24.2. The second-order valence-corrected chi connectivity index (χ2v) is 9.75. The third-order valence-electron chi connectivity index (χ3n) is 7.29. The van der Waals surface area contributed by atoms with Crippen LogP contribution >= 0.6 is 0 Å². The molecule has 0 bridgehead atoms. The fraction of sp³-hybridized carbons (Fsp3) is 0.300. The number of hydrogen-bond donors (Lipinski definition) is 2. The van der Waals surface area contributed by atoms with Crippen LogP contribution in [0.4, 0.5) is 17.2 Å². The number of hydrogen-bond acceptors (Lipinski definition) is 7. The molecule has 8 heteroatoms. The molecule has 194 valence electrons. The largest absolute Gasteiger partial charge is 0.437 e. The van der Waals surface area contributed by atoms with Gasteiger partial charge in [0.25, 0.3) is 0 Å². The molecule has 1 aliphatic carbocycles. The first-order valence-corrected chi connectivity index (χ1v) is 13.2. The number of benzene rings is 2. The summed E-state index contributed by atoms with van der Waals surface area (Å²) < 4.78 is 11.9. The Morgan fingerprint density at radius 1 is 1.03 bits per heavy atom. The van der Waals surface area contributed by atoms with Crippen LogP contribution in [0.25, 0.3) is 33.6 Å². The number of morpholine rings is 1. The van der Waals surface area contributed by atoms with Crippen molar-refractivity contribution in [3.05, 3.63) is 67.5 Å². The molecule has 1 aliphatic heterocycles. The summed E-state index contributed by atoms with van der Waals surface area (Å²) in [6.07, 6.45) is 7.50. The SMILES string of the molecule is C=CC(=O)Nc1cccc(-c2c(-c3ccc(N4CCOCC4)cc3)oc3ncnc(NC4CCCC4)c23)c1. The molecule has 2 aliphatic rings. The van der Waals surface area contributed by atoms with Crippen molar-refractivity contribution in [1.29, 1.82) is 0 Å². The van der Waals surface area contributed by atoms with Crippen LogP contribution < -0.4 is 15.5 Å². The van der Waals surface area contributed by atoms with E-state index in [9.17, 15) is 4.79 Å². The molecule has 4 aromatic rings. The lowest BCUT2D eigenvalue weighted by Crippen LogP contribution is -2.36. The van der Waals surface area contributed by atoms with Gasteiger partial charge in [-0.1, -0.05) is 31.6 Å². The maximum Gasteiger partial charge on any atom is 0.247 e. The van der Waals surface area contributed by atoms with Crippen molar-refractivity contribution in [2.75, 3.05) is 41.8 Å². The summed E-state index contributed by atoms with van der Waals surface area (Å²) in [5, 5.41) is 7.37. The van der Waals surface area contributed by atoms with E-state index in [1.165, 1.54) is 18.9 Å². The van der Waals surface area contributed by atoms with Crippen molar-refractivity contribution >= 4 is 34.2 Å². The molecule has 0 atom stereocenters. The predicted octanol–water partition coefficient (Wildman–Crippen LogP) is 5.87. The molecule has 1 saturated carbocycles. The van der Waals surface area contributed by atoms with E-state index in [0.29, 0.717) is 17.4 Å². The van der Waals surface area contributed by atoms with Crippen LogP contribution in [0.5, 0.6) is 0 Å². The highest BCUT2D eigenvalue weighted by Crippen LogP contribution is 2.44. The summed E-state index contributed by atoms with van der Waals surface area (Å²) in [5.41, 5.74) is 5.12. The number of rotatable bonds is 7. The molecule has 0 spiro atoms. The number of anilines is 3. The number of nitrogens with one attached hydrogen (secondary N) is 2. The maximum absolute atomic E-state index is 12.0. The lowest BCUT2D eigenvalue weighted by atomic mass is 9.98. The van der Waals surface area contributed by atoms with E-state index in [2.05, 4.69) is 56.3 Å². The molecule has 0 unspecified atom stereocenters. The van der Waals surface area contributed by atoms with Crippen molar-refractivity contribution < 1.29 is 13.9 Å². The van der Waals surface area contributed by atoms with Crippen LogP contribution in [0.3, 0.4) is 0 Å².